The molecule has 4 N–H and O–H groups in total. The van der Waals surface area contributed by atoms with Gasteiger partial charge in [0.2, 0.25) is 11.8 Å². The fraction of sp³-hybridized carbons (Fsp3) is 0.529. The number of hydrogen-bond donors (Lipinski definition) is 3. The molecule has 0 unspecified atom stereocenters. The van der Waals surface area contributed by atoms with E-state index in [1.807, 2.05) is 52.0 Å². The van der Waals surface area contributed by atoms with Crippen LogP contribution in [0.2, 0.25) is 0 Å². The fourth-order valence-electron chi connectivity index (χ4n) is 1.93. The highest BCUT2D eigenvalue weighted by molar-refractivity contribution is 5.92. The summed E-state index contributed by atoms with van der Waals surface area (Å²) < 4.78 is 0. The molecule has 2 amide bonds. The van der Waals surface area contributed by atoms with E-state index < -0.39 is 6.04 Å². The first-order valence-electron chi connectivity index (χ1n) is 7.72. The van der Waals surface area contributed by atoms with Crippen molar-refractivity contribution in [2.75, 3.05) is 5.32 Å². The average Bonchev–Trinajstić information content (AvgIpc) is 2.45. The summed E-state index contributed by atoms with van der Waals surface area (Å²) in [6.07, 6.45) is 0.673. The smallest absolute Gasteiger partial charge is 0.237 e. The van der Waals surface area contributed by atoms with Crippen molar-refractivity contribution in [1.82, 2.24) is 5.32 Å². The minimum Gasteiger partial charge on any atom is -0.351 e. The second kappa shape index (κ2) is 10.2. The molecule has 130 valence electrons. The quantitative estimate of drug-likeness (QED) is 0.712. The predicted octanol–water partition coefficient (Wildman–Crippen LogP) is 2.69. The molecular weight excluding hydrogens is 314 g/mol. The summed E-state index contributed by atoms with van der Waals surface area (Å²) in [5, 5.41) is 5.66. The lowest BCUT2D eigenvalue weighted by molar-refractivity contribution is -0.123. The second-order valence-electron chi connectivity index (χ2n) is 6.29. The molecule has 23 heavy (non-hydrogen) atoms. The maximum Gasteiger partial charge on any atom is 0.237 e. The number of nitrogens with two attached hydrogens (primary N) is 1. The maximum absolute atomic E-state index is 11.8. The van der Waals surface area contributed by atoms with Gasteiger partial charge in [-0.3, -0.25) is 9.59 Å². The number of anilines is 1. The van der Waals surface area contributed by atoms with Gasteiger partial charge < -0.3 is 16.4 Å². The molecular formula is C17H28ClN3O2. The standard InChI is InChI=1S/C17H27N3O2.ClH/c1-11(2)9-15(18)17(22)19-10-13-5-7-14(8-6-13)20-16(21)12(3)4;/h5-8,11-12,15H,9-10,18H2,1-4H3,(H,19,22)(H,20,21);1H/t15-;/m0./s1. The molecule has 0 bridgehead atoms. The van der Waals surface area contributed by atoms with E-state index in [1.54, 1.807) is 0 Å². The van der Waals surface area contributed by atoms with E-state index in [0.717, 1.165) is 11.3 Å². The molecule has 0 saturated carbocycles. The summed E-state index contributed by atoms with van der Waals surface area (Å²) in [7, 11) is 0. The van der Waals surface area contributed by atoms with Crippen LogP contribution >= 0.6 is 12.4 Å². The second-order valence-corrected chi connectivity index (χ2v) is 6.29. The highest BCUT2D eigenvalue weighted by Gasteiger charge is 2.14. The normalized spacial score (nSPS) is 11.8. The molecule has 0 aliphatic carbocycles. The van der Waals surface area contributed by atoms with Crippen LogP contribution in [0.4, 0.5) is 5.69 Å². The molecule has 0 spiro atoms. The molecule has 0 heterocycles. The Kier molecular flexibility index (Phi) is 9.53. The first kappa shape index (κ1) is 21.4. The van der Waals surface area contributed by atoms with Crippen molar-refractivity contribution in [2.24, 2.45) is 17.6 Å². The number of amides is 2. The lowest BCUT2D eigenvalue weighted by atomic mass is 10.0. The first-order valence-corrected chi connectivity index (χ1v) is 7.72. The SMILES string of the molecule is CC(C)C[C@H](N)C(=O)NCc1ccc(NC(=O)C(C)C)cc1.Cl. The number of carbonyl (C=O) groups excluding carboxylic acids is 2. The zero-order valence-corrected chi connectivity index (χ0v) is 15.1. The van der Waals surface area contributed by atoms with E-state index in [9.17, 15) is 9.59 Å². The highest BCUT2D eigenvalue weighted by Crippen LogP contribution is 2.11. The van der Waals surface area contributed by atoms with Crippen molar-refractivity contribution >= 4 is 29.9 Å². The minimum atomic E-state index is -0.468. The van der Waals surface area contributed by atoms with E-state index in [4.69, 9.17) is 5.73 Å². The van der Waals surface area contributed by atoms with Crippen LogP contribution in [0.25, 0.3) is 0 Å². The average molecular weight is 342 g/mol. The Hall–Kier alpha value is -1.59. The van der Waals surface area contributed by atoms with Gasteiger partial charge in [-0.2, -0.15) is 0 Å². The summed E-state index contributed by atoms with van der Waals surface area (Å²) in [6.45, 7) is 8.21. The first-order chi connectivity index (χ1) is 10.3. The molecule has 0 aromatic heterocycles. The van der Waals surface area contributed by atoms with E-state index in [-0.39, 0.29) is 30.1 Å². The predicted molar refractivity (Wildman–Crippen MR) is 96.4 cm³/mol. The number of halogens is 1. The molecule has 0 aliphatic rings. The Labute approximate surface area is 144 Å². The Bertz CT molecular complexity index is 501. The molecule has 1 aromatic rings. The van der Waals surface area contributed by atoms with Gasteiger partial charge in [0.25, 0.3) is 0 Å². The Morgan fingerprint density at radius 1 is 1.04 bits per heavy atom. The van der Waals surface area contributed by atoms with Crippen LogP contribution in [0, 0.1) is 11.8 Å². The van der Waals surface area contributed by atoms with Gasteiger partial charge in [-0.25, -0.2) is 0 Å². The third-order valence-corrected chi connectivity index (χ3v) is 3.27. The third kappa shape index (κ3) is 8.00. The Morgan fingerprint density at radius 2 is 1.61 bits per heavy atom. The summed E-state index contributed by atoms with van der Waals surface area (Å²) in [5.74, 6) is 0.192. The molecule has 1 aromatic carbocycles. The van der Waals surface area contributed by atoms with Crippen LogP contribution in [0.1, 0.15) is 39.7 Å². The van der Waals surface area contributed by atoms with Crippen molar-refractivity contribution in [1.29, 1.82) is 0 Å². The maximum atomic E-state index is 11.8. The molecule has 0 aliphatic heterocycles. The zero-order valence-electron chi connectivity index (χ0n) is 14.3. The van der Waals surface area contributed by atoms with Gasteiger partial charge in [-0.1, -0.05) is 39.8 Å². The van der Waals surface area contributed by atoms with Crippen molar-refractivity contribution in [3.63, 3.8) is 0 Å². The van der Waals surface area contributed by atoms with Gasteiger partial charge in [0, 0.05) is 18.2 Å². The fourth-order valence-corrected chi connectivity index (χ4v) is 1.93. The number of carbonyl (C=O) groups is 2. The lowest BCUT2D eigenvalue weighted by Gasteiger charge is -2.14. The van der Waals surface area contributed by atoms with Crippen molar-refractivity contribution in [3.05, 3.63) is 29.8 Å². The van der Waals surface area contributed by atoms with Crippen LogP contribution in [0.15, 0.2) is 24.3 Å². The van der Waals surface area contributed by atoms with Crippen LogP contribution < -0.4 is 16.4 Å². The molecule has 1 atom stereocenters. The van der Waals surface area contributed by atoms with Gasteiger partial charge in [-0.15, -0.1) is 12.4 Å². The van der Waals surface area contributed by atoms with E-state index >= 15 is 0 Å². The van der Waals surface area contributed by atoms with Crippen LogP contribution in [0.5, 0.6) is 0 Å². The lowest BCUT2D eigenvalue weighted by Crippen LogP contribution is -2.41. The Balaban J connectivity index is 0.00000484. The van der Waals surface area contributed by atoms with Gasteiger partial charge in [0.05, 0.1) is 6.04 Å². The van der Waals surface area contributed by atoms with Crippen molar-refractivity contribution < 1.29 is 9.59 Å². The van der Waals surface area contributed by atoms with Gasteiger partial charge in [0.15, 0.2) is 0 Å². The van der Waals surface area contributed by atoms with Crippen LogP contribution in [-0.2, 0) is 16.1 Å². The van der Waals surface area contributed by atoms with Gasteiger partial charge in [0.1, 0.15) is 0 Å². The van der Waals surface area contributed by atoms with Gasteiger partial charge in [-0.05, 0) is 30.0 Å². The van der Waals surface area contributed by atoms with E-state index in [1.165, 1.54) is 0 Å². The Morgan fingerprint density at radius 3 is 2.09 bits per heavy atom. The zero-order chi connectivity index (χ0) is 16.7. The number of nitrogens with one attached hydrogen (secondary N) is 2. The molecule has 1 rings (SSSR count). The largest absolute Gasteiger partial charge is 0.351 e. The highest BCUT2D eigenvalue weighted by atomic mass is 35.5. The molecule has 0 fully saturated rings. The number of benzene rings is 1. The summed E-state index contributed by atoms with van der Waals surface area (Å²) in [6, 6.07) is 6.95. The number of hydrogen-bond acceptors (Lipinski definition) is 3. The topological polar surface area (TPSA) is 84.2 Å². The molecule has 6 heteroatoms. The minimum absolute atomic E-state index is 0. The molecule has 5 nitrogen and oxygen atoms in total. The third-order valence-electron chi connectivity index (χ3n) is 3.27. The van der Waals surface area contributed by atoms with Gasteiger partial charge >= 0.3 is 0 Å². The number of rotatable bonds is 7. The summed E-state index contributed by atoms with van der Waals surface area (Å²) in [5.41, 5.74) is 7.55. The summed E-state index contributed by atoms with van der Waals surface area (Å²) in [4.78, 5) is 23.4. The van der Waals surface area contributed by atoms with Crippen LogP contribution in [-0.4, -0.2) is 17.9 Å². The van der Waals surface area contributed by atoms with E-state index in [2.05, 4.69) is 10.6 Å². The monoisotopic (exact) mass is 341 g/mol. The van der Waals surface area contributed by atoms with Crippen LogP contribution in [0.3, 0.4) is 0 Å². The summed E-state index contributed by atoms with van der Waals surface area (Å²) >= 11 is 0. The van der Waals surface area contributed by atoms with E-state index in [0.29, 0.717) is 18.9 Å². The molecule has 0 saturated heterocycles. The van der Waals surface area contributed by atoms with Crippen molar-refractivity contribution in [3.8, 4) is 0 Å². The van der Waals surface area contributed by atoms with Crippen molar-refractivity contribution in [2.45, 2.75) is 46.7 Å². The molecule has 0 radical (unpaired) electrons.